The number of hydrogen-bond donors (Lipinski definition) is 2. The van der Waals surface area contributed by atoms with Crippen molar-refractivity contribution in [3.8, 4) is 0 Å². The van der Waals surface area contributed by atoms with Crippen molar-refractivity contribution in [1.29, 1.82) is 0 Å². The predicted molar refractivity (Wildman–Crippen MR) is 60.1 cm³/mol. The van der Waals surface area contributed by atoms with Crippen LogP contribution in [0.15, 0.2) is 0 Å². The van der Waals surface area contributed by atoms with Crippen LogP contribution in [0.5, 0.6) is 0 Å². The smallest absolute Gasteiger partial charge is 0.326 e. The summed E-state index contributed by atoms with van der Waals surface area (Å²) in [5.74, 6) is -1.16. The molecule has 0 saturated carbocycles. The number of rotatable bonds is 8. The largest absolute Gasteiger partial charge is 0.480 e. The molecule has 94 valence electrons. The van der Waals surface area contributed by atoms with Crippen molar-refractivity contribution in [2.45, 2.75) is 39.7 Å². The van der Waals surface area contributed by atoms with Crippen LogP contribution in [0.25, 0.3) is 0 Å². The fourth-order valence-corrected chi connectivity index (χ4v) is 1.24. The average molecular weight is 231 g/mol. The molecule has 16 heavy (non-hydrogen) atoms. The molecule has 0 aliphatic rings. The van der Waals surface area contributed by atoms with Gasteiger partial charge in [0.05, 0.1) is 0 Å². The van der Waals surface area contributed by atoms with E-state index in [1.165, 1.54) is 0 Å². The number of hydrogen-bond acceptors (Lipinski definition) is 3. The molecule has 0 aliphatic heterocycles. The van der Waals surface area contributed by atoms with E-state index < -0.39 is 12.0 Å². The molecular formula is C11H21NO4. The molecule has 0 aromatic heterocycles. The number of carbonyl (C=O) groups is 2. The zero-order valence-corrected chi connectivity index (χ0v) is 10.2. The number of amides is 1. The van der Waals surface area contributed by atoms with Crippen molar-refractivity contribution in [2.75, 3.05) is 13.2 Å². The molecule has 0 bridgehead atoms. The van der Waals surface area contributed by atoms with Crippen LogP contribution in [0.1, 0.15) is 33.6 Å². The summed E-state index contributed by atoms with van der Waals surface area (Å²) in [4.78, 5) is 22.2. The second kappa shape index (κ2) is 8.10. The molecule has 0 fully saturated rings. The van der Waals surface area contributed by atoms with Gasteiger partial charge in [-0.25, -0.2) is 4.79 Å². The van der Waals surface area contributed by atoms with Gasteiger partial charge in [0.25, 0.3) is 0 Å². The van der Waals surface area contributed by atoms with Crippen LogP contribution in [0.4, 0.5) is 0 Å². The highest BCUT2D eigenvalue weighted by molar-refractivity contribution is 5.84. The minimum Gasteiger partial charge on any atom is -0.480 e. The molecule has 0 saturated heterocycles. The third-order valence-electron chi connectivity index (χ3n) is 1.92. The molecule has 0 heterocycles. The van der Waals surface area contributed by atoms with Crippen molar-refractivity contribution in [1.82, 2.24) is 5.32 Å². The third kappa shape index (κ3) is 7.23. The Morgan fingerprint density at radius 2 is 2.00 bits per heavy atom. The van der Waals surface area contributed by atoms with Gasteiger partial charge in [-0.2, -0.15) is 0 Å². The Hall–Kier alpha value is -1.10. The van der Waals surface area contributed by atoms with Crippen molar-refractivity contribution in [3.63, 3.8) is 0 Å². The highest BCUT2D eigenvalue weighted by atomic mass is 16.5. The van der Waals surface area contributed by atoms with Crippen LogP contribution in [0.2, 0.25) is 0 Å². The molecule has 2 N–H and O–H groups in total. The molecule has 0 spiro atoms. The van der Waals surface area contributed by atoms with E-state index in [1.807, 2.05) is 20.8 Å². The first-order valence-electron chi connectivity index (χ1n) is 5.57. The molecule has 5 heteroatoms. The fraction of sp³-hybridized carbons (Fsp3) is 0.818. The number of carboxylic acids is 1. The van der Waals surface area contributed by atoms with E-state index in [0.717, 1.165) is 6.42 Å². The summed E-state index contributed by atoms with van der Waals surface area (Å²) in [7, 11) is 0. The van der Waals surface area contributed by atoms with Crippen molar-refractivity contribution < 1.29 is 19.4 Å². The first-order chi connectivity index (χ1) is 7.47. The first-order valence-corrected chi connectivity index (χ1v) is 5.57. The number of carboxylic acid groups (broad SMARTS) is 1. The average Bonchev–Trinajstić information content (AvgIpc) is 2.16. The van der Waals surface area contributed by atoms with Crippen molar-refractivity contribution >= 4 is 11.9 Å². The van der Waals surface area contributed by atoms with E-state index in [2.05, 4.69) is 5.32 Å². The Kier molecular flexibility index (Phi) is 7.54. The quantitative estimate of drug-likeness (QED) is 0.612. The number of aliphatic carboxylic acids is 1. The van der Waals surface area contributed by atoms with Crippen LogP contribution in [0.3, 0.4) is 0 Å². The molecule has 1 unspecified atom stereocenters. The molecule has 5 nitrogen and oxygen atoms in total. The standard InChI is InChI=1S/C11H21NO4/c1-4-5-16-7-10(13)12-9(11(14)15)6-8(2)3/h8-9H,4-7H2,1-3H3,(H,12,13)(H,14,15). The second-order valence-electron chi connectivity index (χ2n) is 4.14. The highest BCUT2D eigenvalue weighted by Gasteiger charge is 2.20. The summed E-state index contributed by atoms with van der Waals surface area (Å²) < 4.78 is 5.03. The zero-order valence-electron chi connectivity index (χ0n) is 10.2. The van der Waals surface area contributed by atoms with E-state index in [9.17, 15) is 9.59 Å². The maximum absolute atomic E-state index is 11.3. The maximum Gasteiger partial charge on any atom is 0.326 e. The summed E-state index contributed by atoms with van der Waals surface area (Å²) >= 11 is 0. The predicted octanol–water partition coefficient (Wildman–Crippen LogP) is 1.03. The summed E-state index contributed by atoms with van der Waals surface area (Å²) in [5, 5.41) is 11.3. The van der Waals surface area contributed by atoms with Crippen LogP contribution in [-0.4, -0.2) is 36.2 Å². The van der Waals surface area contributed by atoms with E-state index >= 15 is 0 Å². The van der Waals surface area contributed by atoms with E-state index in [0.29, 0.717) is 13.0 Å². The Morgan fingerprint density at radius 3 is 2.44 bits per heavy atom. The molecule has 0 aromatic rings. The van der Waals surface area contributed by atoms with E-state index in [1.54, 1.807) is 0 Å². The Morgan fingerprint density at radius 1 is 1.38 bits per heavy atom. The van der Waals surface area contributed by atoms with E-state index in [4.69, 9.17) is 9.84 Å². The summed E-state index contributed by atoms with van der Waals surface area (Å²) in [5.41, 5.74) is 0. The van der Waals surface area contributed by atoms with Crippen LogP contribution in [0, 0.1) is 5.92 Å². The third-order valence-corrected chi connectivity index (χ3v) is 1.92. The molecule has 0 radical (unpaired) electrons. The Balaban J connectivity index is 3.98. The lowest BCUT2D eigenvalue weighted by Crippen LogP contribution is -2.43. The van der Waals surface area contributed by atoms with E-state index in [-0.39, 0.29) is 18.4 Å². The van der Waals surface area contributed by atoms with Crippen LogP contribution >= 0.6 is 0 Å². The normalized spacial score (nSPS) is 12.5. The molecular weight excluding hydrogens is 210 g/mol. The number of carbonyl (C=O) groups excluding carboxylic acids is 1. The monoisotopic (exact) mass is 231 g/mol. The minimum atomic E-state index is -1.00. The summed E-state index contributed by atoms with van der Waals surface area (Å²) in [6.45, 7) is 6.20. The SMILES string of the molecule is CCCOCC(=O)NC(CC(C)C)C(=O)O. The molecule has 0 rings (SSSR count). The minimum absolute atomic E-state index is 0.0737. The lowest BCUT2D eigenvalue weighted by molar-refractivity contribution is -0.143. The van der Waals surface area contributed by atoms with Gasteiger partial charge in [0.1, 0.15) is 12.6 Å². The first kappa shape index (κ1) is 14.9. The van der Waals surface area contributed by atoms with Gasteiger partial charge in [-0.05, 0) is 18.8 Å². The van der Waals surface area contributed by atoms with Gasteiger partial charge in [0.15, 0.2) is 0 Å². The van der Waals surface area contributed by atoms with Gasteiger partial charge in [0.2, 0.25) is 5.91 Å². The number of ether oxygens (including phenoxy) is 1. The van der Waals surface area contributed by atoms with Crippen LogP contribution < -0.4 is 5.32 Å². The Bertz CT molecular complexity index is 228. The van der Waals surface area contributed by atoms with Gasteiger partial charge in [0, 0.05) is 6.61 Å². The lowest BCUT2D eigenvalue weighted by atomic mass is 10.0. The summed E-state index contributed by atoms with van der Waals surface area (Å²) in [6.07, 6.45) is 1.26. The van der Waals surface area contributed by atoms with Crippen LogP contribution in [-0.2, 0) is 14.3 Å². The van der Waals surface area contributed by atoms with Gasteiger partial charge >= 0.3 is 5.97 Å². The number of nitrogens with one attached hydrogen (secondary N) is 1. The second-order valence-corrected chi connectivity index (χ2v) is 4.14. The zero-order chi connectivity index (χ0) is 12.6. The van der Waals surface area contributed by atoms with Crippen molar-refractivity contribution in [3.05, 3.63) is 0 Å². The molecule has 0 aliphatic carbocycles. The molecule has 0 aromatic carbocycles. The maximum atomic E-state index is 11.3. The lowest BCUT2D eigenvalue weighted by Gasteiger charge is -2.16. The fourth-order valence-electron chi connectivity index (χ4n) is 1.24. The molecule has 1 atom stereocenters. The van der Waals surface area contributed by atoms with Gasteiger partial charge < -0.3 is 15.2 Å². The van der Waals surface area contributed by atoms with Gasteiger partial charge in [-0.3, -0.25) is 4.79 Å². The molecule has 1 amide bonds. The Labute approximate surface area is 96.2 Å². The topological polar surface area (TPSA) is 75.6 Å². The van der Waals surface area contributed by atoms with Crippen molar-refractivity contribution in [2.24, 2.45) is 5.92 Å². The highest BCUT2D eigenvalue weighted by Crippen LogP contribution is 2.04. The van der Waals surface area contributed by atoms with Gasteiger partial charge in [-0.1, -0.05) is 20.8 Å². The summed E-state index contributed by atoms with van der Waals surface area (Å²) in [6, 6.07) is -0.822. The van der Waals surface area contributed by atoms with Gasteiger partial charge in [-0.15, -0.1) is 0 Å².